The summed E-state index contributed by atoms with van der Waals surface area (Å²) in [5, 5.41) is 9.30. The molecule has 0 aliphatic carbocycles. The first kappa shape index (κ1) is 21.1. The van der Waals surface area contributed by atoms with Crippen LogP contribution in [0.2, 0.25) is 5.02 Å². The fourth-order valence-electron chi connectivity index (χ4n) is 3.28. The van der Waals surface area contributed by atoms with Crippen molar-refractivity contribution in [1.82, 2.24) is 0 Å². The van der Waals surface area contributed by atoms with Crippen LogP contribution in [0.5, 0.6) is 5.75 Å². The van der Waals surface area contributed by atoms with Crippen LogP contribution in [-0.2, 0) is 4.74 Å². The lowest BCUT2D eigenvalue weighted by atomic mass is 9.89. The highest BCUT2D eigenvalue weighted by Crippen LogP contribution is 2.50. The zero-order valence-corrected chi connectivity index (χ0v) is 16.7. The summed E-state index contributed by atoms with van der Waals surface area (Å²) in [6.45, 7) is 3.94. The van der Waals surface area contributed by atoms with E-state index in [0.29, 0.717) is 11.4 Å². The molecule has 0 spiro atoms. The molecule has 0 saturated carbocycles. The molecular weight excluding hydrogens is 406 g/mol. The average Bonchev–Trinajstić information content (AvgIpc) is 2.70. The van der Waals surface area contributed by atoms with E-state index in [4.69, 9.17) is 26.2 Å². The normalized spacial score (nSPS) is 19.6. The molecule has 1 aliphatic heterocycles. The molecular formula is C21H21ClF2O3S. The maximum atomic E-state index is 14.8. The highest BCUT2D eigenvalue weighted by atomic mass is 35.5. The van der Waals surface area contributed by atoms with Gasteiger partial charge in [0, 0.05) is 26.6 Å². The van der Waals surface area contributed by atoms with Gasteiger partial charge in [0.2, 0.25) is 0 Å². The maximum absolute atomic E-state index is 14.8. The molecule has 0 amide bonds. The first-order valence-electron chi connectivity index (χ1n) is 8.91. The Kier molecular flexibility index (Phi) is 7.35. The number of thioether (sulfide) groups is 1. The van der Waals surface area contributed by atoms with Crippen LogP contribution in [-0.4, -0.2) is 31.0 Å². The summed E-state index contributed by atoms with van der Waals surface area (Å²) < 4.78 is 40.5. The second-order valence-electron chi connectivity index (χ2n) is 6.40. The van der Waals surface area contributed by atoms with Gasteiger partial charge in [0.05, 0.1) is 25.9 Å². The molecule has 0 saturated heterocycles. The van der Waals surface area contributed by atoms with Crippen molar-refractivity contribution in [2.45, 2.75) is 22.7 Å². The van der Waals surface area contributed by atoms with E-state index < -0.39 is 16.9 Å². The molecule has 7 heteroatoms. The molecule has 0 bridgehead atoms. The Bertz CT molecular complexity index is 816. The maximum Gasteiger partial charge on any atom is 0.165 e. The van der Waals surface area contributed by atoms with E-state index in [1.165, 1.54) is 11.8 Å². The Hall–Kier alpha value is -1.60. The van der Waals surface area contributed by atoms with Gasteiger partial charge in [0.15, 0.2) is 11.6 Å². The van der Waals surface area contributed by atoms with Crippen LogP contribution in [0.4, 0.5) is 8.78 Å². The number of hydrogen-bond donors (Lipinski definition) is 1. The number of ether oxygens (including phenoxy) is 2. The number of benzene rings is 2. The Morgan fingerprint density at radius 3 is 2.64 bits per heavy atom. The molecule has 0 radical (unpaired) electrons. The molecule has 1 heterocycles. The predicted molar refractivity (Wildman–Crippen MR) is 107 cm³/mol. The molecule has 28 heavy (non-hydrogen) atoms. The van der Waals surface area contributed by atoms with E-state index in [9.17, 15) is 8.78 Å². The van der Waals surface area contributed by atoms with E-state index in [0.717, 1.165) is 17.0 Å². The SMILES string of the molecule is C=CC[C@@H](OCCO)C1COc2c(F)ccc(F)c2[C@H]1Sc1ccc(Cl)cc1. The van der Waals surface area contributed by atoms with Gasteiger partial charge < -0.3 is 14.6 Å². The zero-order valence-electron chi connectivity index (χ0n) is 15.1. The van der Waals surface area contributed by atoms with Gasteiger partial charge >= 0.3 is 0 Å². The van der Waals surface area contributed by atoms with E-state index in [1.54, 1.807) is 18.2 Å². The molecule has 150 valence electrons. The van der Waals surface area contributed by atoms with E-state index in [1.807, 2.05) is 12.1 Å². The Labute approximate surface area is 172 Å². The molecule has 2 aromatic carbocycles. The van der Waals surface area contributed by atoms with Gasteiger partial charge in [-0.15, -0.1) is 18.3 Å². The van der Waals surface area contributed by atoms with Crippen molar-refractivity contribution in [3.05, 3.63) is 71.3 Å². The Balaban J connectivity index is 2.01. The van der Waals surface area contributed by atoms with Gasteiger partial charge in [-0.05, 0) is 42.8 Å². The average molecular weight is 427 g/mol. The summed E-state index contributed by atoms with van der Waals surface area (Å²) in [7, 11) is 0. The summed E-state index contributed by atoms with van der Waals surface area (Å²) in [6, 6.07) is 9.38. The summed E-state index contributed by atoms with van der Waals surface area (Å²) in [6.07, 6.45) is 1.85. The van der Waals surface area contributed by atoms with E-state index in [-0.39, 0.29) is 43.2 Å². The van der Waals surface area contributed by atoms with Gasteiger partial charge in [-0.2, -0.15) is 0 Å². The van der Waals surface area contributed by atoms with Gasteiger partial charge in [-0.25, -0.2) is 8.78 Å². The van der Waals surface area contributed by atoms with E-state index in [2.05, 4.69) is 6.58 Å². The first-order chi connectivity index (χ1) is 13.5. The molecule has 1 aliphatic rings. The minimum absolute atomic E-state index is 0.0535. The molecule has 3 atom stereocenters. The molecule has 3 rings (SSSR count). The highest BCUT2D eigenvalue weighted by Gasteiger charge is 2.40. The molecule has 3 nitrogen and oxygen atoms in total. The third kappa shape index (κ3) is 4.69. The van der Waals surface area contributed by atoms with Crippen molar-refractivity contribution in [3.8, 4) is 5.75 Å². The fraction of sp³-hybridized carbons (Fsp3) is 0.333. The fourth-order valence-corrected chi connectivity index (χ4v) is 4.76. The number of rotatable bonds is 8. The second-order valence-corrected chi connectivity index (χ2v) is 8.05. The summed E-state index contributed by atoms with van der Waals surface area (Å²) in [5.41, 5.74) is 0.192. The number of aliphatic hydroxyl groups excluding tert-OH is 1. The number of halogens is 3. The van der Waals surface area contributed by atoms with Crippen molar-refractivity contribution in [2.24, 2.45) is 5.92 Å². The lowest BCUT2D eigenvalue weighted by molar-refractivity contribution is -0.0214. The lowest BCUT2D eigenvalue weighted by Crippen LogP contribution is -2.37. The quantitative estimate of drug-likeness (QED) is 0.572. The minimum atomic E-state index is -0.590. The molecule has 0 aromatic heterocycles. The monoisotopic (exact) mass is 426 g/mol. The zero-order chi connectivity index (χ0) is 20.1. The summed E-state index contributed by atoms with van der Waals surface area (Å²) in [4.78, 5) is 0.871. The van der Waals surface area contributed by atoms with Crippen LogP contribution in [0.1, 0.15) is 17.2 Å². The Morgan fingerprint density at radius 2 is 1.96 bits per heavy atom. The van der Waals surface area contributed by atoms with Crippen molar-refractivity contribution < 1.29 is 23.4 Å². The van der Waals surface area contributed by atoms with Crippen LogP contribution in [0, 0.1) is 17.6 Å². The first-order valence-corrected chi connectivity index (χ1v) is 10.2. The predicted octanol–water partition coefficient (Wildman–Crippen LogP) is 5.41. The Morgan fingerprint density at radius 1 is 1.25 bits per heavy atom. The molecule has 0 fully saturated rings. The molecule has 1 unspecified atom stereocenters. The van der Waals surface area contributed by atoms with Crippen molar-refractivity contribution in [2.75, 3.05) is 19.8 Å². The van der Waals surface area contributed by atoms with Gasteiger partial charge in [0.25, 0.3) is 0 Å². The smallest absolute Gasteiger partial charge is 0.165 e. The highest BCUT2D eigenvalue weighted by molar-refractivity contribution is 7.99. The lowest BCUT2D eigenvalue weighted by Gasteiger charge is -2.37. The third-order valence-electron chi connectivity index (χ3n) is 4.56. The van der Waals surface area contributed by atoms with Crippen LogP contribution < -0.4 is 4.74 Å². The van der Waals surface area contributed by atoms with E-state index >= 15 is 0 Å². The van der Waals surface area contributed by atoms with Crippen LogP contribution in [0.3, 0.4) is 0 Å². The van der Waals surface area contributed by atoms with Crippen LogP contribution >= 0.6 is 23.4 Å². The third-order valence-corrected chi connectivity index (χ3v) is 6.20. The van der Waals surface area contributed by atoms with Gasteiger partial charge in [-0.1, -0.05) is 17.7 Å². The van der Waals surface area contributed by atoms with Gasteiger partial charge in [-0.3, -0.25) is 0 Å². The minimum Gasteiger partial charge on any atom is -0.490 e. The van der Waals surface area contributed by atoms with Crippen molar-refractivity contribution >= 4 is 23.4 Å². The largest absolute Gasteiger partial charge is 0.490 e. The molecule has 1 N–H and O–H groups in total. The number of aliphatic hydroxyl groups is 1. The summed E-state index contributed by atoms with van der Waals surface area (Å²) >= 11 is 7.38. The number of fused-ring (bicyclic) bond motifs is 1. The van der Waals surface area contributed by atoms with Crippen molar-refractivity contribution in [1.29, 1.82) is 0 Å². The van der Waals surface area contributed by atoms with Crippen LogP contribution in [0.25, 0.3) is 0 Å². The standard InChI is InChI=1S/C21H21ClF2O3S/c1-2-3-18(26-11-10-25)15-12-27-20-17(24)9-8-16(23)19(20)21(15)28-14-6-4-13(22)5-7-14/h2,4-9,15,18,21,25H,1,3,10-12H2/t15?,18-,21+/m1/s1. The van der Waals surface area contributed by atoms with Gasteiger partial charge in [0.1, 0.15) is 5.82 Å². The molecule has 2 aromatic rings. The summed E-state index contributed by atoms with van der Waals surface area (Å²) in [5.74, 6) is -1.43. The van der Waals surface area contributed by atoms with Crippen LogP contribution in [0.15, 0.2) is 53.9 Å². The number of hydrogen-bond acceptors (Lipinski definition) is 4. The topological polar surface area (TPSA) is 38.7 Å². The van der Waals surface area contributed by atoms with Crippen molar-refractivity contribution in [3.63, 3.8) is 0 Å². The second kappa shape index (κ2) is 9.74.